The zero-order chi connectivity index (χ0) is 21.7. The molecule has 0 aliphatic rings. The van der Waals surface area contributed by atoms with Crippen LogP contribution in [0.2, 0.25) is 0 Å². The van der Waals surface area contributed by atoms with E-state index in [0.717, 1.165) is 10.7 Å². The Morgan fingerprint density at radius 3 is 1.76 bits per heavy atom. The number of sulfone groups is 1. The summed E-state index contributed by atoms with van der Waals surface area (Å²) >= 11 is 0. The first kappa shape index (κ1) is 22.4. The van der Waals surface area contributed by atoms with Crippen LogP contribution in [0.1, 0.15) is 0 Å². The van der Waals surface area contributed by atoms with Gasteiger partial charge in [0.15, 0.2) is 9.84 Å². The average Bonchev–Trinajstić information content (AvgIpc) is 2.64. The second kappa shape index (κ2) is 9.07. The maximum absolute atomic E-state index is 12.3. The molecule has 0 spiro atoms. The lowest BCUT2D eigenvalue weighted by atomic mass is 10.3. The molecule has 2 rings (SSSR count). The van der Waals surface area contributed by atoms with Gasteiger partial charge in [0, 0.05) is 26.8 Å². The highest BCUT2D eigenvalue weighted by Crippen LogP contribution is 2.23. The molecule has 0 radical (unpaired) electrons. The predicted molar refractivity (Wildman–Crippen MR) is 108 cm³/mol. The minimum atomic E-state index is -4.68. The van der Waals surface area contributed by atoms with Crippen molar-refractivity contribution in [2.45, 2.75) is 4.90 Å². The Kier molecular flexibility index (Phi) is 7.00. The van der Waals surface area contributed by atoms with Crippen LogP contribution < -0.4 is 4.90 Å². The Hall–Kier alpha value is -2.90. The minimum absolute atomic E-state index is 0.0132. The van der Waals surface area contributed by atoms with Gasteiger partial charge in [0.25, 0.3) is 0 Å². The molecule has 0 aliphatic heterocycles. The van der Waals surface area contributed by atoms with E-state index in [1.54, 1.807) is 0 Å². The fourth-order valence-corrected chi connectivity index (χ4v) is 3.57. The number of benzene rings is 2. The van der Waals surface area contributed by atoms with Crippen molar-refractivity contribution in [3.05, 3.63) is 48.5 Å². The van der Waals surface area contributed by atoms with Crippen molar-refractivity contribution in [2.75, 3.05) is 31.9 Å². The van der Waals surface area contributed by atoms with E-state index in [9.17, 15) is 16.8 Å². The van der Waals surface area contributed by atoms with Gasteiger partial charge in [0.1, 0.15) is 5.88 Å². The van der Waals surface area contributed by atoms with Crippen molar-refractivity contribution < 1.29 is 21.4 Å². The molecule has 2 aromatic carbocycles. The molecule has 0 heterocycles. The summed E-state index contributed by atoms with van der Waals surface area (Å²) < 4.78 is 56.8. The first-order chi connectivity index (χ1) is 13.5. The van der Waals surface area contributed by atoms with E-state index >= 15 is 0 Å². The number of azo groups is 1. The van der Waals surface area contributed by atoms with Gasteiger partial charge < -0.3 is 4.90 Å². The molecule has 0 aliphatic carbocycles. The smallest absolute Gasteiger partial charge is 0.378 e. The molecule has 0 unspecified atom stereocenters. The normalized spacial score (nSPS) is 12.6. The minimum Gasteiger partial charge on any atom is -0.378 e. The van der Waals surface area contributed by atoms with Crippen molar-refractivity contribution in [1.29, 1.82) is 0 Å². The quantitative estimate of drug-likeness (QED) is 0.377. The van der Waals surface area contributed by atoms with E-state index in [4.69, 9.17) is 4.55 Å². The molecule has 0 bridgehead atoms. The highest BCUT2D eigenvalue weighted by molar-refractivity contribution is 7.91. The average molecular weight is 441 g/mol. The van der Waals surface area contributed by atoms with Gasteiger partial charge in [-0.3, -0.25) is 9.56 Å². The molecule has 0 atom stereocenters. The second-order valence-electron chi connectivity index (χ2n) is 6.13. The standard InChI is InChI=1S/C16H20N6O5S2/c1-21(2)15-8-4-13(5-9-15)17-18-14-6-10-16(11-7-14)28(23,24)12-22(3)19-20-29(25,26)27/h4-11H,12H2,1-3H3,(H,25,26,27). The van der Waals surface area contributed by atoms with Crippen molar-refractivity contribution >= 4 is 37.2 Å². The molecule has 0 aromatic heterocycles. The first-order valence-electron chi connectivity index (χ1n) is 8.10. The Morgan fingerprint density at radius 2 is 1.31 bits per heavy atom. The van der Waals surface area contributed by atoms with Crippen LogP contribution in [0.3, 0.4) is 0 Å². The van der Waals surface area contributed by atoms with E-state index in [1.165, 1.54) is 31.3 Å². The van der Waals surface area contributed by atoms with Crippen molar-refractivity contribution in [3.8, 4) is 0 Å². The van der Waals surface area contributed by atoms with Gasteiger partial charge in [-0.2, -0.15) is 18.6 Å². The van der Waals surface area contributed by atoms with Gasteiger partial charge in [0.2, 0.25) is 0 Å². The van der Waals surface area contributed by atoms with Crippen LogP contribution >= 0.6 is 0 Å². The molecule has 0 amide bonds. The molecule has 0 saturated heterocycles. The highest BCUT2D eigenvalue weighted by Gasteiger charge is 2.17. The van der Waals surface area contributed by atoms with Gasteiger partial charge >= 0.3 is 10.3 Å². The van der Waals surface area contributed by atoms with Gasteiger partial charge in [-0.15, -0.1) is 0 Å². The fraction of sp³-hybridized carbons (Fsp3) is 0.250. The number of hydrogen-bond donors (Lipinski definition) is 1. The molecular formula is C16H20N6O5S2. The molecule has 1 N–H and O–H groups in total. The van der Waals surface area contributed by atoms with Gasteiger partial charge in [-0.1, -0.05) is 5.22 Å². The SMILES string of the molecule is CN(CS(=O)(=O)c1ccc(N=Nc2ccc(N(C)C)cc2)cc1)N=NS(=O)(=O)O. The summed E-state index contributed by atoms with van der Waals surface area (Å²) in [6, 6.07) is 13.1. The summed E-state index contributed by atoms with van der Waals surface area (Å²) in [5.41, 5.74) is 2.14. The van der Waals surface area contributed by atoms with Crippen LogP contribution in [-0.4, -0.2) is 53.4 Å². The lowest BCUT2D eigenvalue weighted by molar-refractivity contribution is 0.375. The van der Waals surface area contributed by atoms with Crippen LogP contribution in [0.5, 0.6) is 0 Å². The maximum Gasteiger partial charge on any atom is 0.397 e. The highest BCUT2D eigenvalue weighted by atomic mass is 32.2. The van der Waals surface area contributed by atoms with Gasteiger partial charge in [-0.25, -0.2) is 8.42 Å². The molecule has 0 saturated carbocycles. The van der Waals surface area contributed by atoms with Crippen LogP contribution in [0.15, 0.2) is 73.4 Å². The topological polar surface area (TPSA) is 144 Å². The largest absolute Gasteiger partial charge is 0.397 e. The third-order valence-corrected chi connectivity index (χ3v) is 5.48. The molecule has 29 heavy (non-hydrogen) atoms. The fourth-order valence-electron chi connectivity index (χ4n) is 2.11. The van der Waals surface area contributed by atoms with Gasteiger partial charge in [-0.05, 0) is 53.1 Å². The van der Waals surface area contributed by atoms with Crippen molar-refractivity contribution in [1.82, 2.24) is 5.01 Å². The van der Waals surface area contributed by atoms with Gasteiger partial charge in [0.05, 0.1) is 16.3 Å². The Labute approximate surface area is 169 Å². The Morgan fingerprint density at radius 1 is 0.828 bits per heavy atom. The molecule has 156 valence electrons. The third kappa shape index (κ3) is 7.21. The molecular weight excluding hydrogens is 420 g/mol. The lowest BCUT2D eigenvalue weighted by Gasteiger charge is -2.11. The van der Waals surface area contributed by atoms with E-state index in [0.29, 0.717) is 11.4 Å². The van der Waals surface area contributed by atoms with E-state index < -0.39 is 26.0 Å². The number of hydrogen-bond acceptors (Lipinski definition) is 8. The third-order valence-electron chi connectivity index (χ3n) is 3.49. The maximum atomic E-state index is 12.3. The molecule has 2 aromatic rings. The number of anilines is 1. The summed E-state index contributed by atoms with van der Waals surface area (Å²) in [5, 5.41) is 12.1. The molecule has 13 heteroatoms. The predicted octanol–water partition coefficient (Wildman–Crippen LogP) is 3.00. The second-order valence-corrected chi connectivity index (χ2v) is 9.14. The van der Waals surface area contributed by atoms with Crippen LogP contribution in [0.25, 0.3) is 0 Å². The Bertz CT molecular complexity index is 1100. The lowest BCUT2D eigenvalue weighted by Crippen LogP contribution is -2.21. The number of nitrogens with zero attached hydrogens (tertiary/aromatic N) is 6. The van der Waals surface area contributed by atoms with Crippen molar-refractivity contribution in [2.24, 2.45) is 20.0 Å². The zero-order valence-corrected chi connectivity index (χ0v) is 17.5. The summed E-state index contributed by atoms with van der Waals surface area (Å²) in [7, 11) is -3.42. The summed E-state index contributed by atoms with van der Waals surface area (Å²) in [6.45, 7) is 0. The van der Waals surface area contributed by atoms with E-state index in [2.05, 4.69) is 20.0 Å². The van der Waals surface area contributed by atoms with Crippen LogP contribution in [0, 0.1) is 0 Å². The number of rotatable bonds is 8. The monoisotopic (exact) mass is 440 g/mol. The molecule has 11 nitrogen and oxygen atoms in total. The summed E-state index contributed by atoms with van der Waals surface area (Å²) in [5.74, 6) is -0.634. The molecule has 0 fully saturated rings. The first-order valence-corrected chi connectivity index (χ1v) is 11.1. The van der Waals surface area contributed by atoms with E-state index in [-0.39, 0.29) is 4.90 Å². The van der Waals surface area contributed by atoms with Crippen LogP contribution in [0.4, 0.5) is 17.1 Å². The summed E-state index contributed by atoms with van der Waals surface area (Å²) in [4.78, 5) is 1.95. The van der Waals surface area contributed by atoms with Crippen molar-refractivity contribution in [3.63, 3.8) is 0 Å². The zero-order valence-electron chi connectivity index (χ0n) is 15.9. The van der Waals surface area contributed by atoms with Crippen LogP contribution in [-0.2, 0) is 20.1 Å². The summed E-state index contributed by atoms with van der Waals surface area (Å²) in [6.07, 6.45) is 0. The van der Waals surface area contributed by atoms with E-state index in [1.807, 2.05) is 43.3 Å². The Balaban J connectivity index is 2.07.